The summed E-state index contributed by atoms with van der Waals surface area (Å²) in [6.07, 6.45) is -15.7. The highest BCUT2D eigenvalue weighted by Crippen LogP contribution is 2.33. The summed E-state index contributed by atoms with van der Waals surface area (Å²) in [6, 6.07) is 0. The lowest BCUT2D eigenvalue weighted by Gasteiger charge is -2.44. The predicted molar refractivity (Wildman–Crippen MR) is 146 cm³/mol. The van der Waals surface area contributed by atoms with Crippen LogP contribution in [0.5, 0.6) is 0 Å². The number of carboxylic acid groups (broad SMARTS) is 1. The molecule has 0 spiro atoms. The van der Waals surface area contributed by atoms with Gasteiger partial charge in [0.2, 0.25) is 12.0 Å². The van der Waals surface area contributed by atoms with Crippen molar-refractivity contribution < 1.29 is 111 Å². The van der Waals surface area contributed by atoms with Gasteiger partial charge in [-0.15, -0.1) is 0 Å². The van der Waals surface area contributed by atoms with Gasteiger partial charge >= 0.3 is 37.2 Å². The summed E-state index contributed by atoms with van der Waals surface area (Å²) in [5.41, 5.74) is 0. The third-order valence-corrected chi connectivity index (χ3v) is 8.12. The van der Waals surface area contributed by atoms with Gasteiger partial charge in [-0.2, -0.15) is 25.3 Å². The van der Waals surface area contributed by atoms with E-state index in [-0.39, 0.29) is 0 Å². The van der Waals surface area contributed by atoms with Crippen molar-refractivity contribution in [1.82, 2.24) is 0 Å². The van der Waals surface area contributed by atoms with E-state index < -0.39 is 150 Å². The fraction of sp³-hybridized carbons (Fsp3) is 0.857. The molecular weight excluding hydrogens is 732 g/mol. The van der Waals surface area contributed by atoms with E-state index in [9.17, 15) is 55.0 Å². The molecule has 0 bridgehead atoms. The van der Waals surface area contributed by atoms with Crippen LogP contribution in [0.2, 0.25) is 0 Å². The second kappa shape index (κ2) is 18.0. The van der Waals surface area contributed by atoms with Crippen LogP contribution in [0.1, 0.15) is 6.92 Å². The Bertz CT molecular complexity index is 1400. The number of aliphatic carboxylic acids is 1. The molecule has 11 atom stereocenters. The molecule has 2 aliphatic rings. The number of hydrogen-bond donors (Lipinski definition) is 9. The number of rotatable bonds is 19. The average molecular weight is 769 g/mol. The van der Waals surface area contributed by atoms with Crippen molar-refractivity contribution in [2.24, 2.45) is 11.8 Å². The van der Waals surface area contributed by atoms with Crippen LogP contribution in [-0.4, -0.2) is 170 Å². The summed E-state index contributed by atoms with van der Waals surface area (Å²) in [5, 5.41) is 59.9. The fourth-order valence-electron chi connectivity index (χ4n) is 4.68. The minimum absolute atomic E-state index is 0.679. The van der Waals surface area contributed by atoms with E-state index in [0.29, 0.717) is 0 Å². The first kappa shape index (κ1) is 42.4. The number of carbonyl (C=O) groups is 1. The molecule has 0 aromatic rings. The quantitative estimate of drug-likeness (QED) is 0.0257. The summed E-state index contributed by atoms with van der Waals surface area (Å²) in [5.74, 6) is -5.21. The zero-order chi connectivity index (χ0) is 36.6. The zero-order valence-corrected chi connectivity index (χ0v) is 27.0. The van der Waals surface area contributed by atoms with Crippen LogP contribution in [0.25, 0.3) is 0 Å². The van der Waals surface area contributed by atoms with Crippen molar-refractivity contribution in [2.45, 2.75) is 62.2 Å². The van der Waals surface area contributed by atoms with E-state index in [1.54, 1.807) is 0 Å². The Morgan fingerprint density at radius 3 is 1.92 bits per heavy atom. The van der Waals surface area contributed by atoms with Gasteiger partial charge in [-0.1, -0.05) is 0 Å². The molecule has 0 radical (unpaired) electrons. The third-order valence-electron chi connectivity index (χ3n) is 6.75. The number of hydrogen-bond acceptors (Lipinski definition) is 20. The Morgan fingerprint density at radius 2 is 1.40 bits per heavy atom. The highest BCUT2D eigenvalue weighted by atomic mass is 32.3. The normalized spacial score (nSPS) is 32.9. The first-order valence-electron chi connectivity index (χ1n) is 13.4. The molecule has 9 N–H and O–H groups in total. The summed E-state index contributed by atoms with van der Waals surface area (Å²) >= 11 is 0. The number of aliphatic hydroxyl groups excluding tert-OH is 5. The van der Waals surface area contributed by atoms with Crippen molar-refractivity contribution in [1.29, 1.82) is 0 Å². The van der Waals surface area contributed by atoms with Gasteiger partial charge in [-0.25, -0.2) is 17.3 Å². The molecule has 27 heteroatoms. The highest BCUT2D eigenvalue weighted by molar-refractivity contribution is 7.81. The maximum atomic E-state index is 11.4. The van der Waals surface area contributed by atoms with Gasteiger partial charge in [0.15, 0.2) is 6.29 Å². The monoisotopic (exact) mass is 768 g/mol. The average Bonchev–Trinajstić information content (AvgIpc) is 2.94. The first-order valence-corrected chi connectivity index (χ1v) is 17.5. The molecule has 2 fully saturated rings. The lowest BCUT2D eigenvalue weighted by Crippen LogP contribution is -2.60. The molecule has 0 aromatic carbocycles. The Hall–Kier alpha value is -1.74. The maximum Gasteiger partial charge on any atom is 0.397 e. The van der Waals surface area contributed by atoms with E-state index in [2.05, 4.69) is 12.5 Å². The molecule has 0 amide bonds. The maximum absolute atomic E-state index is 11.4. The molecule has 2 aliphatic heterocycles. The second-order valence-electron chi connectivity index (χ2n) is 10.1. The van der Waals surface area contributed by atoms with Crippen LogP contribution in [0, 0.1) is 11.8 Å². The minimum Gasteiger partial charge on any atom is -0.475 e. The molecule has 0 saturated carbocycles. The molecule has 2 rings (SSSR count). The van der Waals surface area contributed by atoms with Gasteiger partial charge in [-0.05, 0) is 13.0 Å². The Morgan fingerprint density at radius 1 is 0.792 bits per heavy atom. The Balaban J connectivity index is 2.28. The van der Waals surface area contributed by atoms with Crippen LogP contribution in [0.3, 0.4) is 0 Å². The van der Waals surface area contributed by atoms with Crippen molar-refractivity contribution in [3.8, 4) is 0 Å². The van der Waals surface area contributed by atoms with E-state index in [4.69, 9.17) is 43.0 Å². The highest BCUT2D eigenvalue weighted by Gasteiger charge is 2.50. The molecule has 6 unspecified atom stereocenters. The molecule has 48 heavy (non-hydrogen) atoms. The van der Waals surface area contributed by atoms with Gasteiger partial charge in [-0.3, -0.25) is 13.7 Å². The van der Waals surface area contributed by atoms with Gasteiger partial charge in [0.05, 0.1) is 45.2 Å². The van der Waals surface area contributed by atoms with Crippen molar-refractivity contribution in [2.75, 3.05) is 39.6 Å². The number of carboxylic acids is 1. The van der Waals surface area contributed by atoms with E-state index in [1.807, 2.05) is 0 Å². The van der Waals surface area contributed by atoms with Crippen molar-refractivity contribution in [3.63, 3.8) is 0 Å². The molecule has 282 valence electrons. The number of aliphatic hydroxyl groups is 5. The van der Waals surface area contributed by atoms with Crippen molar-refractivity contribution in [3.05, 3.63) is 11.8 Å². The van der Waals surface area contributed by atoms with E-state index in [0.717, 1.165) is 13.0 Å². The lowest BCUT2D eigenvalue weighted by molar-refractivity contribution is -0.279. The van der Waals surface area contributed by atoms with Crippen LogP contribution < -0.4 is 0 Å². The molecule has 2 saturated heterocycles. The zero-order valence-electron chi connectivity index (χ0n) is 24.5. The largest absolute Gasteiger partial charge is 0.475 e. The van der Waals surface area contributed by atoms with Gasteiger partial charge < -0.3 is 54.3 Å². The second-order valence-corrected chi connectivity index (χ2v) is 13.3. The molecule has 24 nitrogen and oxygen atoms in total. The Kier molecular flexibility index (Phi) is 15.9. The topological polar surface area (TPSA) is 375 Å². The minimum atomic E-state index is -5.35. The summed E-state index contributed by atoms with van der Waals surface area (Å²) in [7, 11) is -15.6. The van der Waals surface area contributed by atoms with Gasteiger partial charge in [0.1, 0.15) is 37.1 Å². The third kappa shape index (κ3) is 13.5. The van der Waals surface area contributed by atoms with Crippen LogP contribution in [-0.2, 0) is 72.2 Å². The molecule has 0 aliphatic carbocycles. The van der Waals surface area contributed by atoms with Crippen LogP contribution in [0.15, 0.2) is 11.8 Å². The smallest absolute Gasteiger partial charge is 0.397 e. The van der Waals surface area contributed by atoms with Crippen LogP contribution in [0.4, 0.5) is 0 Å². The number of ether oxygens (including phenoxy) is 5. The molecule has 0 aromatic heterocycles. The van der Waals surface area contributed by atoms with Gasteiger partial charge in [0, 0.05) is 11.8 Å². The predicted octanol–water partition coefficient (Wildman–Crippen LogP) is -5.03. The Labute approximate surface area is 273 Å². The first-order chi connectivity index (χ1) is 22.1. The molecule has 2 heterocycles. The van der Waals surface area contributed by atoms with Crippen molar-refractivity contribution >= 4 is 37.2 Å². The SMILES string of the molecule is CC1O[C@@H](COCC2C(CO[C@@H](CO)O/C(=C\CO)C(=O)O)[C@H](O)OC(COS(=O)(=O)O)[C@H]2O)C(OS(=O)(=O)O)C(O)[C@@H]1OS(=O)(=O)O. The fourth-order valence-corrected chi connectivity index (χ4v) is 6.05. The van der Waals surface area contributed by atoms with Crippen LogP contribution >= 0.6 is 0 Å². The van der Waals surface area contributed by atoms with E-state index in [1.165, 1.54) is 0 Å². The standard InChI is InChI=1S/C21H36O24S3/c1-9-18(44-47(32,33)34)17(25)19(45-48(35,36)37)14(41-9)7-38-5-10-11(6-39-15(4-23)42-12(2-3-22)20(26)27)21(28)43-13(16(10)24)8-40-46(29,30)31/h2,9-11,13-19,21-25,28H,3-8H2,1H3,(H,26,27)(H,29,30,31)(H,32,33,34)(H,35,36,37)/b12-2-/t9?,10?,11?,13?,14-,15+,16-,17?,18+,19?,21+/m0/s1. The summed E-state index contributed by atoms with van der Waals surface area (Å²) < 4.78 is 134. The summed E-state index contributed by atoms with van der Waals surface area (Å²) in [6.45, 7) is -3.77. The molecular formula is C21H36O24S3. The van der Waals surface area contributed by atoms with E-state index >= 15 is 0 Å². The summed E-state index contributed by atoms with van der Waals surface area (Å²) in [4.78, 5) is 11.3. The van der Waals surface area contributed by atoms with Gasteiger partial charge in [0.25, 0.3) is 0 Å². The lowest BCUT2D eigenvalue weighted by atomic mass is 9.83.